The van der Waals surface area contributed by atoms with Gasteiger partial charge in [0.2, 0.25) is 0 Å². The van der Waals surface area contributed by atoms with Crippen LogP contribution in [-0.2, 0) is 0 Å². The van der Waals surface area contributed by atoms with E-state index in [0.717, 1.165) is 5.56 Å². The highest BCUT2D eigenvalue weighted by Crippen LogP contribution is 2.33. The van der Waals surface area contributed by atoms with Gasteiger partial charge in [-0.2, -0.15) is 0 Å². The summed E-state index contributed by atoms with van der Waals surface area (Å²) in [6, 6.07) is 14.4. The van der Waals surface area contributed by atoms with Crippen LogP contribution < -0.4 is 20.5 Å². The lowest BCUT2D eigenvalue weighted by Crippen LogP contribution is -2.35. The zero-order valence-corrected chi connectivity index (χ0v) is 14.4. The molecule has 2 aromatic carbocycles. The molecule has 0 saturated carbocycles. The van der Waals surface area contributed by atoms with Gasteiger partial charge in [0.25, 0.3) is 5.91 Å². The average Bonchev–Trinajstić information content (AvgIpc) is 2.65. The number of ether oxygens (including phenoxy) is 2. The molecule has 1 amide bonds. The van der Waals surface area contributed by atoms with Crippen LogP contribution in [0.5, 0.6) is 11.5 Å². The van der Waals surface area contributed by atoms with Gasteiger partial charge in [-0.15, -0.1) is 0 Å². The second kappa shape index (κ2) is 7.10. The Bertz CT molecular complexity index is 1000. The Kier molecular flexibility index (Phi) is 4.70. The zero-order valence-electron chi connectivity index (χ0n) is 14.4. The number of amides is 1. The predicted molar refractivity (Wildman–Crippen MR) is 99.7 cm³/mol. The van der Waals surface area contributed by atoms with Crippen molar-refractivity contribution in [2.75, 3.05) is 14.2 Å². The topological polar surface area (TPSA) is 110 Å². The van der Waals surface area contributed by atoms with Gasteiger partial charge in [0.15, 0.2) is 17.5 Å². The van der Waals surface area contributed by atoms with E-state index < -0.39 is 11.9 Å². The number of pyridine rings is 1. The number of nitrogens with one attached hydrogen (secondary N) is 2. The minimum atomic E-state index is -0.460. The van der Waals surface area contributed by atoms with Crippen LogP contribution in [0.15, 0.2) is 48.5 Å². The van der Waals surface area contributed by atoms with Crippen molar-refractivity contribution in [3.63, 3.8) is 0 Å². The molecule has 0 aliphatic rings. The quantitative estimate of drug-likeness (QED) is 0.495. The minimum absolute atomic E-state index is 0.385. The fourth-order valence-corrected chi connectivity index (χ4v) is 2.70. The van der Waals surface area contributed by atoms with Gasteiger partial charge in [-0.25, -0.2) is 4.98 Å². The Balaban J connectivity index is 2.18. The first-order chi connectivity index (χ1) is 12.5. The number of nitrogens with two attached hydrogens (primary N) is 1. The molecule has 1 heterocycles. The number of carbonyl (C=O) groups is 1. The molecule has 0 atom stereocenters. The molecule has 26 heavy (non-hydrogen) atoms. The van der Waals surface area contributed by atoms with Gasteiger partial charge in [-0.1, -0.05) is 18.2 Å². The summed E-state index contributed by atoms with van der Waals surface area (Å²) in [6.45, 7) is 0. The first kappa shape index (κ1) is 17.2. The van der Waals surface area contributed by atoms with Gasteiger partial charge in [0.05, 0.1) is 31.0 Å². The molecule has 4 N–H and O–H groups in total. The van der Waals surface area contributed by atoms with Crippen LogP contribution >= 0.6 is 0 Å². The maximum absolute atomic E-state index is 12.5. The molecule has 0 saturated heterocycles. The Morgan fingerprint density at radius 3 is 2.50 bits per heavy atom. The van der Waals surface area contributed by atoms with Crippen molar-refractivity contribution >= 4 is 22.8 Å². The highest BCUT2D eigenvalue weighted by Gasteiger charge is 2.15. The normalized spacial score (nSPS) is 10.4. The number of hydrogen-bond donors (Lipinski definition) is 3. The fraction of sp³-hybridized carbons (Fsp3) is 0.105. The molecular formula is C19H18N4O3. The van der Waals surface area contributed by atoms with Crippen LogP contribution in [0.3, 0.4) is 0 Å². The standard InChI is InChI=1S/C19H18N4O3/c1-25-16-8-7-11(9-17(16)26-2)15-10-13(18(24)23-19(20)21)12-5-3-4-6-14(12)22-15/h3-10H,1-2H3,(H4,20,21,23,24). The summed E-state index contributed by atoms with van der Waals surface area (Å²) in [4.78, 5) is 17.1. The number of fused-ring (bicyclic) bond motifs is 1. The largest absolute Gasteiger partial charge is 0.493 e. The number of methoxy groups -OCH3 is 2. The molecule has 7 nitrogen and oxygen atoms in total. The van der Waals surface area contributed by atoms with Crippen LogP contribution in [0, 0.1) is 5.41 Å². The Hall–Kier alpha value is -3.61. The molecule has 3 rings (SSSR count). The van der Waals surface area contributed by atoms with Crippen molar-refractivity contribution in [3.05, 3.63) is 54.1 Å². The molecule has 7 heteroatoms. The predicted octanol–water partition coefficient (Wildman–Crippen LogP) is 2.54. The maximum atomic E-state index is 12.5. The SMILES string of the molecule is COc1ccc(-c2cc(C(=O)NC(=N)N)c3ccccc3n2)cc1OC. The van der Waals surface area contributed by atoms with Crippen molar-refractivity contribution in [2.45, 2.75) is 0 Å². The van der Waals surface area contributed by atoms with E-state index in [1.54, 1.807) is 38.5 Å². The van der Waals surface area contributed by atoms with Gasteiger partial charge in [-0.05, 0) is 30.3 Å². The number of nitrogens with zero attached hydrogens (tertiary/aromatic N) is 1. The first-order valence-electron chi connectivity index (χ1n) is 7.81. The first-order valence-corrected chi connectivity index (χ1v) is 7.81. The molecule has 0 aliphatic carbocycles. The van der Waals surface area contributed by atoms with E-state index in [-0.39, 0.29) is 0 Å². The molecule has 0 unspecified atom stereocenters. The van der Waals surface area contributed by atoms with E-state index in [4.69, 9.17) is 20.6 Å². The highest BCUT2D eigenvalue weighted by atomic mass is 16.5. The smallest absolute Gasteiger partial charge is 0.258 e. The summed E-state index contributed by atoms with van der Waals surface area (Å²) < 4.78 is 10.6. The molecule has 132 valence electrons. The molecule has 1 aromatic heterocycles. The van der Waals surface area contributed by atoms with Crippen LogP contribution in [-0.4, -0.2) is 31.1 Å². The maximum Gasteiger partial charge on any atom is 0.258 e. The number of carbonyl (C=O) groups excluding carboxylic acids is 1. The van der Waals surface area contributed by atoms with Crippen molar-refractivity contribution in [2.24, 2.45) is 5.73 Å². The average molecular weight is 350 g/mol. The van der Waals surface area contributed by atoms with Crippen LogP contribution in [0.2, 0.25) is 0 Å². The summed E-state index contributed by atoms with van der Waals surface area (Å²) in [5.41, 5.74) is 7.71. The van der Waals surface area contributed by atoms with Gasteiger partial charge in [0.1, 0.15) is 0 Å². The molecule has 0 aliphatic heterocycles. The lowest BCUT2D eigenvalue weighted by Gasteiger charge is -2.12. The summed E-state index contributed by atoms with van der Waals surface area (Å²) >= 11 is 0. The number of para-hydroxylation sites is 1. The van der Waals surface area contributed by atoms with Crippen molar-refractivity contribution in [1.82, 2.24) is 10.3 Å². The number of guanidine groups is 1. The van der Waals surface area contributed by atoms with E-state index >= 15 is 0 Å². The lowest BCUT2D eigenvalue weighted by atomic mass is 10.0. The van der Waals surface area contributed by atoms with Crippen molar-refractivity contribution in [1.29, 1.82) is 5.41 Å². The molecular weight excluding hydrogens is 332 g/mol. The van der Waals surface area contributed by atoms with Gasteiger partial charge < -0.3 is 15.2 Å². The van der Waals surface area contributed by atoms with Crippen molar-refractivity contribution < 1.29 is 14.3 Å². The summed E-state index contributed by atoms with van der Waals surface area (Å²) in [5.74, 6) is 0.294. The Morgan fingerprint density at radius 2 is 1.81 bits per heavy atom. The highest BCUT2D eigenvalue weighted by molar-refractivity contribution is 6.12. The fourth-order valence-electron chi connectivity index (χ4n) is 2.70. The third kappa shape index (κ3) is 3.27. The number of benzene rings is 2. The summed E-state index contributed by atoms with van der Waals surface area (Å²) in [7, 11) is 3.12. The third-order valence-corrected chi connectivity index (χ3v) is 3.89. The molecule has 0 radical (unpaired) electrons. The van der Waals surface area contributed by atoms with Gasteiger partial charge >= 0.3 is 0 Å². The molecule has 0 spiro atoms. The van der Waals surface area contributed by atoms with Gasteiger partial charge in [0, 0.05) is 10.9 Å². The summed E-state index contributed by atoms with van der Waals surface area (Å²) in [6.07, 6.45) is 0. The van der Waals surface area contributed by atoms with Crippen LogP contribution in [0.1, 0.15) is 10.4 Å². The lowest BCUT2D eigenvalue weighted by molar-refractivity contribution is 0.0978. The van der Waals surface area contributed by atoms with Crippen molar-refractivity contribution in [3.8, 4) is 22.8 Å². The number of rotatable bonds is 4. The monoisotopic (exact) mass is 350 g/mol. The van der Waals surface area contributed by atoms with E-state index in [1.807, 2.05) is 24.3 Å². The number of aromatic nitrogens is 1. The van der Waals surface area contributed by atoms with E-state index in [2.05, 4.69) is 10.3 Å². The minimum Gasteiger partial charge on any atom is -0.493 e. The zero-order chi connectivity index (χ0) is 18.7. The third-order valence-electron chi connectivity index (χ3n) is 3.89. The summed E-state index contributed by atoms with van der Waals surface area (Å²) in [5, 5.41) is 10.3. The number of hydrogen-bond acceptors (Lipinski definition) is 5. The van der Waals surface area contributed by atoms with Gasteiger partial charge in [-0.3, -0.25) is 15.5 Å². The Labute approximate surface area is 150 Å². The second-order valence-corrected chi connectivity index (χ2v) is 5.51. The second-order valence-electron chi connectivity index (χ2n) is 5.51. The molecule has 0 bridgehead atoms. The Morgan fingerprint density at radius 1 is 1.08 bits per heavy atom. The van der Waals surface area contributed by atoms with E-state index in [0.29, 0.717) is 33.7 Å². The van der Waals surface area contributed by atoms with E-state index in [1.165, 1.54) is 0 Å². The van der Waals surface area contributed by atoms with Crippen LogP contribution in [0.25, 0.3) is 22.2 Å². The molecule has 3 aromatic rings. The van der Waals surface area contributed by atoms with E-state index in [9.17, 15) is 4.79 Å². The van der Waals surface area contributed by atoms with Crippen LogP contribution in [0.4, 0.5) is 0 Å². The molecule has 0 fully saturated rings.